The Balaban J connectivity index is 1.32. The molecule has 40 heavy (non-hydrogen) atoms. The minimum atomic E-state index is -0.217. The highest BCUT2D eigenvalue weighted by Crippen LogP contribution is 2.25. The summed E-state index contributed by atoms with van der Waals surface area (Å²) < 4.78 is 1.61. The van der Waals surface area contributed by atoms with Gasteiger partial charge in [0.2, 0.25) is 5.95 Å². The molecule has 3 aromatic heterocycles. The van der Waals surface area contributed by atoms with Crippen molar-refractivity contribution in [2.24, 2.45) is 0 Å². The third kappa shape index (κ3) is 6.41. The lowest BCUT2D eigenvalue weighted by Gasteiger charge is -2.32. The largest absolute Gasteiger partial charge is 0.324 e. The Kier molecular flexibility index (Phi) is 7.71. The quantitative estimate of drug-likeness (QED) is 0.319. The Morgan fingerprint density at radius 3 is 2.50 bits per heavy atom. The number of benzene rings is 1. The van der Waals surface area contributed by atoms with E-state index >= 15 is 0 Å². The van der Waals surface area contributed by atoms with Gasteiger partial charge in [-0.25, -0.2) is 15.0 Å². The van der Waals surface area contributed by atoms with Crippen molar-refractivity contribution in [2.75, 3.05) is 49.3 Å². The summed E-state index contributed by atoms with van der Waals surface area (Å²) in [6.07, 6.45) is 4.67. The number of aromatic nitrogens is 6. The van der Waals surface area contributed by atoms with Gasteiger partial charge in [-0.05, 0) is 43.8 Å². The topological polar surface area (TPSA) is 129 Å². The van der Waals surface area contributed by atoms with E-state index in [1.54, 1.807) is 29.1 Å². The van der Waals surface area contributed by atoms with Crippen LogP contribution in [0.2, 0.25) is 0 Å². The molecule has 5 rings (SSSR count). The van der Waals surface area contributed by atoms with Gasteiger partial charge in [-0.15, -0.1) is 0 Å². The second-order valence-corrected chi connectivity index (χ2v) is 10.9. The molecule has 0 atom stereocenters. The Bertz CT molecular complexity index is 1490. The van der Waals surface area contributed by atoms with Crippen LogP contribution in [0.1, 0.15) is 42.4 Å². The van der Waals surface area contributed by atoms with Gasteiger partial charge < -0.3 is 21.0 Å². The summed E-state index contributed by atoms with van der Waals surface area (Å²) in [7, 11) is 2.12. The maximum absolute atomic E-state index is 13.1. The van der Waals surface area contributed by atoms with E-state index in [1.165, 1.54) is 12.7 Å². The minimum absolute atomic E-state index is 0.122. The summed E-state index contributed by atoms with van der Waals surface area (Å²) in [6, 6.07) is 11.0. The molecule has 1 amide bonds. The summed E-state index contributed by atoms with van der Waals surface area (Å²) in [5.41, 5.74) is 7.03. The lowest BCUT2D eigenvalue weighted by atomic mass is 9.91. The van der Waals surface area contributed by atoms with E-state index < -0.39 is 0 Å². The van der Waals surface area contributed by atoms with Crippen LogP contribution < -0.4 is 16.1 Å². The van der Waals surface area contributed by atoms with Gasteiger partial charge in [-0.2, -0.15) is 14.8 Å². The fraction of sp³-hybridized carbons (Fsp3) is 0.357. The first-order chi connectivity index (χ1) is 19.2. The van der Waals surface area contributed by atoms with E-state index in [-0.39, 0.29) is 11.3 Å². The van der Waals surface area contributed by atoms with Crippen LogP contribution in [0.4, 0.5) is 23.1 Å². The zero-order valence-corrected chi connectivity index (χ0v) is 23.5. The van der Waals surface area contributed by atoms with Crippen LogP contribution in [-0.4, -0.2) is 78.8 Å². The zero-order chi connectivity index (χ0) is 28.3. The fourth-order valence-corrected chi connectivity index (χ4v) is 4.24. The van der Waals surface area contributed by atoms with Crippen molar-refractivity contribution in [1.82, 2.24) is 39.6 Å². The highest BCUT2D eigenvalue weighted by molar-refractivity contribution is 6.05. The molecule has 0 saturated carbocycles. The van der Waals surface area contributed by atoms with Gasteiger partial charge in [0, 0.05) is 66.5 Å². The number of nitrogens with one attached hydrogen (secondary N) is 3. The SMILES string of the molecule is Cc1ccc(C(=O)Nc2ccnc(C(C)(C)C)c2)cc1Nc1ncnn1-c1cc(NN2CCN(C)CC2)ncn1. The predicted octanol–water partition coefficient (Wildman–Crippen LogP) is 3.63. The average molecular weight is 542 g/mol. The first-order valence-electron chi connectivity index (χ1n) is 13.2. The van der Waals surface area contributed by atoms with Crippen LogP contribution in [0.15, 0.2) is 55.2 Å². The molecule has 12 heteroatoms. The van der Waals surface area contributed by atoms with Crippen LogP contribution in [0.3, 0.4) is 0 Å². The van der Waals surface area contributed by atoms with Crippen molar-refractivity contribution in [3.63, 3.8) is 0 Å². The van der Waals surface area contributed by atoms with Crippen molar-refractivity contribution in [2.45, 2.75) is 33.1 Å². The van der Waals surface area contributed by atoms with E-state index in [0.717, 1.165) is 43.1 Å². The highest BCUT2D eigenvalue weighted by Gasteiger charge is 2.18. The van der Waals surface area contributed by atoms with Gasteiger partial charge in [0.25, 0.3) is 5.91 Å². The molecule has 4 heterocycles. The first-order valence-corrected chi connectivity index (χ1v) is 13.2. The molecule has 1 aromatic carbocycles. The van der Waals surface area contributed by atoms with Crippen LogP contribution in [0, 0.1) is 6.92 Å². The summed E-state index contributed by atoms with van der Waals surface area (Å²) in [4.78, 5) is 33.0. The molecule has 1 aliphatic heterocycles. The first kappa shape index (κ1) is 27.2. The smallest absolute Gasteiger partial charge is 0.255 e. The van der Waals surface area contributed by atoms with Gasteiger partial charge in [0.15, 0.2) is 5.82 Å². The summed E-state index contributed by atoms with van der Waals surface area (Å²) >= 11 is 0. The molecule has 1 fully saturated rings. The van der Waals surface area contributed by atoms with E-state index in [4.69, 9.17) is 0 Å². The summed E-state index contributed by atoms with van der Waals surface area (Å²) in [5, 5.41) is 12.8. The average Bonchev–Trinajstić information content (AvgIpc) is 3.39. The summed E-state index contributed by atoms with van der Waals surface area (Å²) in [6.45, 7) is 12.0. The molecule has 1 saturated heterocycles. The van der Waals surface area contributed by atoms with E-state index in [9.17, 15) is 4.79 Å². The minimum Gasteiger partial charge on any atom is -0.324 e. The van der Waals surface area contributed by atoms with Crippen molar-refractivity contribution < 1.29 is 4.79 Å². The maximum atomic E-state index is 13.1. The van der Waals surface area contributed by atoms with Crippen molar-refractivity contribution in [3.05, 3.63) is 72.1 Å². The van der Waals surface area contributed by atoms with Crippen molar-refractivity contribution in [3.8, 4) is 5.82 Å². The number of aryl methyl sites for hydroxylation is 1. The van der Waals surface area contributed by atoms with E-state index in [2.05, 4.69) is 78.8 Å². The monoisotopic (exact) mass is 541 g/mol. The molecule has 0 unspecified atom stereocenters. The van der Waals surface area contributed by atoms with Crippen molar-refractivity contribution in [1.29, 1.82) is 0 Å². The van der Waals surface area contributed by atoms with Gasteiger partial charge in [0.1, 0.15) is 18.5 Å². The number of nitrogens with zero attached hydrogens (tertiary/aromatic N) is 8. The molecule has 1 aliphatic rings. The second kappa shape index (κ2) is 11.4. The van der Waals surface area contributed by atoms with Gasteiger partial charge in [-0.1, -0.05) is 26.8 Å². The zero-order valence-electron chi connectivity index (χ0n) is 23.5. The number of hydrazine groups is 1. The number of carbonyl (C=O) groups excluding carboxylic acids is 1. The van der Waals surface area contributed by atoms with Crippen LogP contribution in [0.5, 0.6) is 0 Å². The lowest BCUT2D eigenvalue weighted by molar-refractivity contribution is 0.102. The molecule has 3 N–H and O–H groups in total. The van der Waals surface area contributed by atoms with Crippen molar-refractivity contribution >= 4 is 29.0 Å². The number of amides is 1. The number of hydrogen-bond acceptors (Lipinski definition) is 10. The second-order valence-electron chi connectivity index (χ2n) is 10.9. The third-order valence-electron chi connectivity index (χ3n) is 6.73. The lowest BCUT2D eigenvalue weighted by Crippen LogP contribution is -2.47. The van der Waals surface area contributed by atoms with E-state index in [1.807, 2.05) is 25.1 Å². The number of carbonyl (C=O) groups is 1. The number of rotatable bonds is 7. The molecule has 0 radical (unpaired) electrons. The molecule has 4 aromatic rings. The normalized spacial score (nSPS) is 14.6. The van der Waals surface area contributed by atoms with Gasteiger partial charge >= 0.3 is 0 Å². The number of anilines is 4. The number of pyridine rings is 1. The predicted molar refractivity (Wildman–Crippen MR) is 155 cm³/mol. The molecule has 12 nitrogen and oxygen atoms in total. The fourth-order valence-electron chi connectivity index (χ4n) is 4.24. The van der Waals surface area contributed by atoms with Gasteiger partial charge in [0.05, 0.1) is 0 Å². The Labute approximate surface area is 233 Å². The molecule has 0 spiro atoms. The number of likely N-dealkylation sites (N-methyl/N-ethyl adjacent to an activating group) is 1. The summed E-state index contributed by atoms with van der Waals surface area (Å²) in [5.74, 6) is 1.49. The maximum Gasteiger partial charge on any atom is 0.255 e. The van der Waals surface area contributed by atoms with Gasteiger partial charge in [-0.3, -0.25) is 9.78 Å². The highest BCUT2D eigenvalue weighted by atomic mass is 16.1. The Morgan fingerprint density at radius 2 is 1.73 bits per heavy atom. The number of hydrogen-bond donors (Lipinski definition) is 3. The van der Waals surface area contributed by atoms with Crippen LogP contribution >= 0.6 is 0 Å². The van der Waals surface area contributed by atoms with Crippen LogP contribution in [0.25, 0.3) is 5.82 Å². The molecular formula is C28H35N11O. The Hall–Kier alpha value is -4.42. The number of piperazine rings is 1. The third-order valence-corrected chi connectivity index (χ3v) is 6.73. The van der Waals surface area contributed by atoms with Crippen LogP contribution in [-0.2, 0) is 5.41 Å². The molecule has 0 bridgehead atoms. The standard InChI is InChI=1S/C28H35N11O/c1-19-6-7-20(26(40)34-21-8-9-29-23(15-21)28(2,3)4)14-22(19)35-27-32-18-33-39(27)25-16-24(30-17-31-25)36-38-12-10-37(5)11-13-38/h6-9,14-18H,10-13H2,1-5H3,(H,29,34,40)(H,30,31,36)(H,32,33,35). The Morgan fingerprint density at radius 1 is 0.925 bits per heavy atom. The van der Waals surface area contributed by atoms with E-state index in [0.29, 0.717) is 28.8 Å². The molecule has 208 valence electrons. The molecule has 0 aliphatic carbocycles. The molecular weight excluding hydrogens is 506 g/mol.